The van der Waals surface area contributed by atoms with Crippen molar-refractivity contribution < 1.29 is 9.53 Å². The molecule has 0 aliphatic carbocycles. The summed E-state index contributed by atoms with van der Waals surface area (Å²) in [5.41, 5.74) is 11.5. The molecule has 112 valence electrons. The van der Waals surface area contributed by atoms with Crippen LogP contribution in [0.1, 0.15) is 25.8 Å². The SMILES string of the molecule is C=C(C(N)=O)c1ccc(S)cc1.CCOC(CC)CN. The Kier molecular flexibility index (Phi) is 9.80. The summed E-state index contributed by atoms with van der Waals surface area (Å²) in [5.74, 6) is -0.498. The van der Waals surface area contributed by atoms with E-state index in [2.05, 4.69) is 26.1 Å². The molecular weight excluding hydrogens is 272 g/mol. The van der Waals surface area contributed by atoms with Crippen molar-refractivity contribution in [3.05, 3.63) is 36.4 Å². The number of thiol groups is 1. The van der Waals surface area contributed by atoms with Crippen molar-refractivity contribution in [3.63, 3.8) is 0 Å². The molecule has 0 aliphatic rings. The Morgan fingerprint density at radius 1 is 1.35 bits per heavy atom. The lowest BCUT2D eigenvalue weighted by atomic mass is 10.1. The number of primary amides is 1. The van der Waals surface area contributed by atoms with Crippen molar-refractivity contribution in [1.29, 1.82) is 0 Å². The minimum atomic E-state index is -0.498. The van der Waals surface area contributed by atoms with Crippen LogP contribution in [0.25, 0.3) is 5.57 Å². The second-order valence-corrected chi connectivity index (χ2v) is 4.63. The van der Waals surface area contributed by atoms with Crippen molar-refractivity contribution in [2.24, 2.45) is 11.5 Å². The van der Waals surface area contributed by atoms with E-state index in [-0.39, 0.29) is 6.10 Å². The second-order valence-electron chi connectivity index (χ2n) is 4.11. The van der Waals surface area contributed by atoms with Crippen LogP contribution < -0.4 is 11.5 Å². The van der Waals surface area contributed by atoms with Gasteiger partial charge in [0.25, 0.3) is 0 Å². The number of rotatable bonds is 6. The lowest BCUT2D eigenvalue weighted by Gasteiger charge is -2.10. The molecule has 1 aromatic rings. The fourth-order valence-electron chi connectivity index (χ4n) is 1.39. The first-order chi connectivity index (χ1) is 9.46. The van der Waals surface area contributed by atoms with Crippen LogP contribution in [-0.4, -0.2) is 25.2 Å². The molecule has 0 heterocycles. The van der Waals surface area contributed by atoms with E-state index < -0.39 is 5.91 Å². The summed E-state index contributed by atoms with van der Waals surface area (Å²) in [6.07, 6.45) is 1.30. The fraction of sp³-hybridized carbons (Fsp3) is 0.400. The number of carbonyl (C=O) groups is 1. The van der Waals surface area contributed by atoms with E-state index in [4.69, 9.17) is 16.2 Å². The topological polar surface area (TPSA) is 78.3 Å². The quantitative estimate of drug-likeness (QED) is 0.556. The minimum Gasteiger partial charge on any atom is -0.377 e. The standard InChI is InChI=1S/C9H9NOS.C6H15NO/c1-6(9(10)11)7-2-4-8(12)5-3-7;1-3-6(5-7)8-4-2/h2-5,12H,1H2,(H2,10,11);6H,3-5,7H2,1-2H3. The van der Waals surface area contributed by atoms with E-state index in [9.17, 15) is 4.79 Å². The highest BCUT2D eigenvalue weighted by Gasteiger charge is 2.03. The Balaban J connectivity index is 0.000000396. The third kappa shape index (κ3) is 7.33. The van der Waals surface area contributed by atoms with Crippen molar-refractivity contribution in [2.75, 3.05) is 13.2 Å². The molecule has 0 spiro atoms. The van der Waals surface area contributed by atoms with E-state index in [0.717, 1.165) is 23.5 Å². The van der Waals surface area contributed by atoms with Gasteiger partial charge in [0.2, 0.25) is 5.91 Å². The number of amides is 1. The number of ether oxygens (including phenoxy) is 1. The largest absolute Gasteiger partial charge is 0.377 e. The van der Waals surface area contributed by atoms with E-state index in [1.54, 1.807) is 24.3 Å². The first kappa shape index (κ1) is 18.7. The second kappa shape index (κ2) is 10.5. The zero-order valence-corrected chi connectivity index (χ0v) is 13.0. The van der Waals surface area contributed by atoms with Crippen LogP contribution in [0.4, 0.5) is 0 Å². The molecule has 0 saturated heterocycles. The first-order valence-electron chi connectivity index (χ1n) is 6.55. The molecule has 0 fully saturated rings. The van der Waals surface area contributed by atoms with Gasteiger partial charge in [0.1, 0.15) is 0 Å². The van der Waals surface area contributed by atoms with Crippen LogP contribution in [-0.2, 0) is 9.53 Å². The molecule has 0 aliphatic heterocycles. The number of benzene rings is 1. The van der Waals surface area contributed by atoms with Crippen LogP contribution >= 0.6 is 12.6 Å². The Bertz CT molecular complexity index is 414. The van der Waals surface area contributed by atoms with Crippen LogP contribution in [0.15, 0.2) is 35.7 Å². The van der Waals surface area contributed by atoms with Gasteiger partial charge in [0.15, 0.2) is 0 Å². The summed E-state index contributed by atoms with van der Waals surface area (Å²) in [5, 5.41) is 0. The lowest BCUT2D eigenvalue weighted by molar-refractivity contribution is -0.112. The molecule has 1 rings (SSSR count). The van der Waals surface area contributed by atoms with Crippen molar-refractivity contribution in [1.82, 2.24) is 0 Å². The maximum atomic E-state index is 10.7. The van der Waals surface area contributed by atoms with Gasteiger partial charge in [-0.1, -0.05) is 25.6 Å². The van der Waals surface area contributed by atoms with Gasteiger partial charge in [-0.15, -0.1) is 12.6 Å². The minimum absolute atomic E-state index is 0.278. The number of carbonyl (C=O) groups excluding carboxylic acids is 1. The highest BCUT2D eigenvalue weighted by atomic mass is 32.1. The third-order valence-corrected chi connectivity index (χ3v) is 2.93. The average molecular weight is 296 g/mol. The molecule has 0 aromatic heterocycles. The van der Waals surface area contributed by atoms with Gasteiger partial charge in [0.05, 0.1) is 6.10 Å². The van der Waals surface area contributed by atoms with Crippen LogP contribution in [0.3, 0.4) is 0 Å². The van der Waals surface area contributed by atoms with Gasteiger partial charge < -0.3 is 16.2 Å². The molecule has 1 unspecified atom stereocenters. The van der Waals surface area contributed by atoms with Gasteiger partial charge in [-0.25, -0.2) is 0 Å². The molecule has 0 saturated carbocycles. The summed E-state index contributed by atoms with van der Waals surface area (Å²) in [6, 6.07) is 7.09. The van der Waals surface area contributed by atoms with E-state index in [1.165, 1.54) is 0 Å². The highest BCUT2D eigenvalue weighted by Crippen LogP contribution is 2.14. The molecule has 1 aromatic carbocycles. The van der Waals surface area contributed by atoms with Crippen molar-refractivity contribution in [2.45, 2.75) is 31.3 Å². The van der Waals surface area contributed by atoms with Gasteiger partial charge >= 0.3 is 0 Å². The summed E-state index contributed by atoms with van der Waals surface area (Å²) >= 11 is 4.11. The Morgan fingerprint density at radius 3 is 2.20 bits per heavy atom. The molecule has 1 atom stereocenters. The smallest absolute Gasteiger partial charge is 0.248 e. The fourth-order valence-corrected chi connectivity index (χ4v) is 1.54. The Labute approximate surface area is 126 Å². The van der Waals surface area contributed by atoms with E-state index >= 15 is 0 Å². The summed E-state index contributed by atoms with van der Waals surface area (Å²) in [7, 11) is 0. The first-order valence-corrected chi connectivity index (χ1v) is 7.00. The zero-order valence-electron chi connectivity index (χ0n) is 12.1. The van der Waals surface area contributed by atoms with E-state index in [1.807, 2.05) is 6.92 Å². The number of hydrogen-bond donors (Lipinski definition) is 3. The van der Waals surface area contributed by atoms with Gasteiger partial charge in [-0.2, -0.15) is 0 Å². The van der Waals surface area contributed by atoms with Gasteiger partial charge in [-0.3, -0.25) is 4.79 Å². The molecular formula is C15H24N2O2S. The zero-order chi connectivity index (χ0) is 15.5. The molecule has 4 nitrogen and oxygen atoms in total. The highest BCUT2D eigenvalue weighted by molar-refractivity contribution is 7.80. The predicted molar refractivity (Wildman–Crippen MR) is 86.7 cm³/mol. The lowest BCUT2D eigenvalue weighted by Crippen LogP contribution is -2.22. The maximum Gasteiger partial charge on any atom is 0.248 e. The van der Waals surface area contributed by atoms with Gasteiger partial charge in [-0.05, 0) is 31.0 Å². The number of nitrogens with two attached hydrogens (primary N) is 2. The Hall–Kier alpha value is -1.30. The molecule has 20 heavy (non-hydrogen) atoms. The summed E-state index contributed by atoms with van der Waals surface area (Å²) < 4.78 is 5.22. The van der Waals surface area contributed by atoms with Crippen LogP contribution in [0.2, 0.25) is 0 Å². The predicted octanol–water partition coefficient (Wildman–Crippen LogP) is 2.23. The average Bonchev–Trinajstić information content (AvgIpc) is 2.45. The number of hydrogen-bond acceptors (Lipinski definition) is 4. The van der Waals surface area contributed by atoms with E-state index in [0.29, 0.717) is 12.1 Å². The molecule has 0 radical (unpaired) electrons. The molecule has 0 bridgehead atoms. The maximum absolute atomic E-state index is 10.7. The molecule has 1 amide bonds. The van der Waals surface area contributed by atoms with Crippen LogP contribution in [0.5, 0.6) is 0 Å². The summed E-state index contributed by atoms with van der Waals surface area (Å²) in [4.78, 5) is 11.5. The van der Waals surface area contributed by atoms with Gasteiger partial charge in [0, 0.05) is 23.6 Å². The third-order valence-electron chi connectivity index (χ3n) is 2.63. The monoisotopic (exact) mass is 296 g/mol. The molecule has 5 heteroatoms. The Morgan fingerprint density at radius 2 is 1.90 bits per heavy atom. The van der Waals surface area contributed by atoms with Crippen molar-refractivity contribution >= 4 is 24.1 Å². The molecule has 4 N–H and O–H groups in total. The normalized spacial score (nSPS) is 11.2. The van der Waals surface area contributed by atoms with Crippen molar-refractivity contribution in [3.8, 4) is 0 Å². The van der Waals surface area contributed by atoms with Crippen LogP contribution in [0, 0.1) is 0 Å². The summed E-state index contributed by atoms with van der Waals surface area (Å²) in [6.45, 7) is 9.03.